The molecule has 0 fully saturated rings. The predicted octanol–water partition coefficient (Wildman–Crippen LogP) is 0.442. The zero-order valence-electron chi connectivity index (χ0n) is 7.83. The number of aromatic nitrogens is 3. The van der Waals surface area contributed by atoms with Crippen LogP contribution in [0.5, 0.6) is 0 Å². The van der Waals surface area contributed by atoms with Gasteiger partial charge in [-0.2, -0.15) is 10.4 Å². The summed E-state index contributed by atoms with van der Waals surface area (Å²) in [4.78, 5) is 14.6. The number of aryl methyl sites for hydroxylation is 2. The van der Waals surface area contributed by atoms with E-state index in [1.54, 1.807) is 18.7 Å². The van der Waals surface area contributed by atoms with Gasteiger partial charge in [0.25, 0.3) is 0 Å². The van der Waals surface area contributed by atoms with Gasteiger partial charge in [0, 0.05) is 13.2 Å². The van der Waals surface area contributed by atoms with E-state index in [9.17, 15) is 4.79 Å². The van der Waals surface area contributed by atoms with Crippen molar-refractivity contribution in [3.8, 4) is 6.07 Å². The molecule has 2 heterocycles. The van der Waals surface area contributed by atoms with E-state index in [4.69, 9.17) is 5.26 Å². The first-order chi connectivity index (χ1) is 6.65. The van der Waals surface area contributed by atoms with Crippen molar-refractivity contribution in [1.29, 1.82) is 5.26 Å². The molecule has 5 heteroatoms. The smallest absolute Gasteiger partial charge is 0.210 e. The molecule has 5 nitrogen and oxygen atoms in total. The van der Waals surface area contributed by atoms with E-state index in [1.165, 1.54) is 6.20 Å². The van der Waals surface area contributed by atoms with Crippen LogP contribution < -0.4 is 5.43 Å². The fraction of sp³-hybridized carbons (Fsp3) is 0.222. The Kier molecular flexibility index (Phi) is 1.64. The molecule has 0 saturated heterocycles. The second-order valence-electron chi connectivity index (χ2n) is 3.08. The monoisotopic (exact) mass is 188 g/mol. The molecule has 2 aromatic heterocycles. The first-order valence-electron chi connectivity index (χ1n) is 4.10. The van der Waals surface area contributed by atoms with Crippen molar-refractivity contribution < 1.29 is 0 Å². The van der Waals surface area contributed by atoms with E-state index in [0.29, 0.717) is 16.7 Å². The van der Waals surface area contributed by atoms with Crippen LogP contribution in [0.4, 0.5) is 0 Å². The minimum atomic E-state index is -0.258. The summed E-state index contributed by atoms with van der Waals surface area (Å²) < 4.78 is 1.59. The maximum atomic E-state index is 11.7. The lowest BCUT2D eigenvalue weighted by molar-refractivity contribution is 0.774. The second-order valence-corrected chi connectivity index (χ2v) is 3.08. The van der Waals surface area contributed by atoms with E-state index >= 15 is 0 Å². The molecule has 2 aromatic rings. The molecule has 0 aliphatic heterocycles. The van der Waals surface area contributed by atoms with Gasteiger partial charge >= 0.3 is 0 Å². The minimum Gasteiger partial charge on any atom is -0.345 e. The Morgan fingerprint density at radius 3 is 3.00 bits per heavy atom. The number of hydrogen-bond donors (Lipinski definition) is 1. The van der Waals surface area contributed by atoms with Gasteiger partial charge in [-0.3, -0.25) is 9.48 Å². The quantitative estimate of drug-likeness (QED) is 0.651. The van der Waals surface area contributed by atoms with Gasteiger partial charge in [-0.05, 0) is 6.92 Å². The highest BCUT2D eigenvalue weighted by Gasteiger charge is 2.11. The van der Waals surface area contributed by atoms with Gasteiger partial charge in [-0.25, -0.2) is 0 Å². The molecule has 14 heavy (non-hydrogen) atoms. The van der Waals surface area contributed by atoms with E-state index in [2.05, 4.69) is 10.1 Å². The van der Waals surface area contributed by atoms with Gasteiger partial charge in [-0.15, -0.1) is 0 Å². The SMILES string of the molecule is Cc1nn(C)c2[nH]cc(C#N)c(=O)c12. The van der Waals surface area contributed by atoms with Gasteiger partial charge in [0.15, 0.2) is 0 Å². The normalized spacial score (nSPS) is 10.4. The summed E-state index contributed by atoms with van der Waals surface area (Å²) in [6, 6.07) is 1.84. The molecule has 2 rings (SSSR count). The summed E-state index contributed by atoms with van der Waals surface area (Å²) in [6.07, 6.45) is 1.41. The molecule has 0 saturated carbocycles. The lowest BCUT2D eigenvalue weighted by atomic mass is 10.2. The summed E-state index contributed by atoms with van der Waals surface area (Å²) in [5.41, 5.74) is 1.15. The number of nitriles is 1. The number of nitrogens with one attached hydrogen (secondary N) is 1. The molecular formula is C9H8N4O. The van der Waals surface area contributed by atoms with Gasteiger partial charge in [-0.1, -0.05) is 0 Å². The topological polar surface area (TPSA) is 74.5 Å². The zero-order chi connectivity index (χ0) is 10.3. The molecule has 0 unspecified atom stereocenters. The number of rotatable bonds is 0. The Bertz CT molecular complexity index is 600. The van der Waals surface area contributed by atoms with Crippen molar-refractivity contribution >= 4 is 11.0 Å². The third-order valence-electron chi connectivity index (χ3n) is 2.17. The molecule has 1 N–H and O–H groups in total. The molecule has 70 valence electrons. The van der Waals surface area contributed by atoms with Gasteiger partial charge in [0.2, 0.25) is 5.43 Å². The lowest BCUT2D eigenvalue weighted by Gasteiger charge is -1.93. The average Bonchev–Trinajstić information content (AvgIpc) is 2.44. The van der Waals surface area contributed by atoms with Crippen molar-refractivity contribution in [3.63, 3.8) is 0 Å². The zero-order valence-corrected chi connectivity index (χ0v) is 7.83. The van der Waals surface area contributed by atoms with E-state index < -0.39 is 0 Å². The molecule has 0 radical (unpaired) electrons. The highest BCUT2D eigenvalue weighted by Crippen LogP contribution is 2.10. The number of hydrogen-bond acceptors (Lipinski definition) is 3. The fourth-order valence-corrected chi connectivity index (χ4v) is 1.52. The van der Waals surface area contributed by atoms with Crippen LogP contribution >= 0.6 is 0 Å². The van der Waals surface area contributed by atoms with Gasteiger partial charge < -0.3 is 4.98 Å². The average molecular weight is 188 g/mol. The van der Waals surface area contributed by atoms with Crippen LogP contribution in [0.15, 0.2) is 11.0 Å². The Morgan fingerprint density at radius 1 is 1.64 bits per heavy atom. The lowest BCUT2D eigenvalue weighted by Crippen LogP contribution is -2.07. The summed E-state index contributed by atoms with van der Waals surface area (Å²) in [7, 11) is 1.75. The van der Waals surface area contributed by atoms with Gasteiger partial charge in [0.05, 0.1) is 11.1 Å². The van der Waals surface area contributed by atoms with Crippen molar-refractivity contribution in [3.05, 3.63) is 27.7 Å². The molecule has 0 aromatic carbocycles. The minimum absolute atomic E-state index is 0.119. The van der Waals surface area contributed by atoms with E-state index in [1.807, 2.05) is 6.07 Å². The maximum Gasteiger partial charge on any atom is 0.210 e. The maximum absolute atomic E-state index is 11.7. The van der Waals surface area contributed by atoms with Crippen molar-refractivity contribution in [2.45, 2.75) is 6.92 Å². The molecular weight excluding hydrogens is 180 g/mol. The standard InChI is InChI=1S/C9H8N4O/c1-5-7-8(14)6(3-10)4-11-9(7)13(2)12-5/h4H,1-2H3,(H,11,14). The fourth-order valence-electron chi connectivity index (χ4n) is 1.52. The highest BCUT2D eigenvalue weighted by atomic mass is 16.1. The number of aromatic amines is 1. The van der Waals surface area contributed by atoms with Crippen LogP contribution in [0.25, 0.3) is 11.0 Å². The first kappa shape index (κ1) is 8.51. The summed E-state index contributed by atoms with van der Waals surface area (Å²) in [5, 5.41) is 13.3. The molecule has 0 aliphatic rings. The third kappa shape index (κ3) is 0.941. The summed E-state index contributed by atoms with van der Waals surface area (Å²) >= 11 is 0. The van der Waals surface area contributed by atoms with Crippen LogP contribution in [-0.4, -0.2) is 14.8 Å². The number of fused-ring (bicyclic) bond motifs is 1. The van der Waals surface area contributed by atoms with Crippen LogP contribution in [0.2, 0.25) is 0 Å². The Morgan fingerprint density at radius 2 is 2.36 bits per heavy atom. The largest absolute Gasteiger partial charge is 0.345 e. The molecule has 0 atom stereocenters. The predicted molar refractivity (Wildman–Crippen MR) is 50.8 cm³/mol. The number of H-pyrrole nitrogens is 1. The van der Waals surface area contributed by atoms with E-state index in [0.717, 1.165) is 0 Å². The van der Waals surface area contributed by atoms with Crippen LogP contribution in [0.3, 0.4) is 0 Å². The van der Waals surface area contributed by atoms with Crippen LogP contribution in [-0.2, 0) is 7.05 Å². The molecule has 0 aliphatic carbocycles. The Balaban J connectivity index is 3.05. The van der Waals surface area contributed by atoms with Gasteiger partial charge in [0.1, 0.15) is 17.3 Å². The van der Waals surface area contributed by atoms with Crippen molar-refractivity contribution in [2.75, 3.05) is 0 Å². The first-order valence-corrected chi connectivity index (χ1v) is 4.10. The molecule has 0 bridgehead atoms. The molecule has 0 spiro atoms. The van der Waals surface area contributed by atoms with Crippen LogP contribution in [0.1, 0.15) is 11.3 Å². The Labute approximate surface area is 79.6 Å². The summed E-state index contributed by atoms with van der Waals surface area (Å²) in [6.45, 7) is 1.75. The number of nitrogens with zero attached hydrogens (tertiary/aromatic N) is 3. The Hall–Kier alpha value is -2.09. The van der Waals surface area contributed by atoms with E-state index in [-0.39, 0.29) is 11.0 Å². The van der Waals surface area contributed by atoms with Crippen molar-refractivity contribution in [1.82, 2.24) is 14.8 Å². The van der Waals surface area contributed by atoms with Crippen molar-refractivity contribution in [2.24, 2.45) is 7.05 Å². The summed E-state index contributed by atoms with van der Waals surface area (Å²) in [5.74, 6) is 0. The highest BCUT2D eigenvalue weighted by molar-refractivity contribution is 5.78. The second kappa shape index (κ2) is 2.70. The third-order valence-corrected chi connectivity index (χ3v) is 2.17. The molecule has 0 amide bonds. The van der Waals surface area contributed by atoms with Crippen LogP contribution in [0, 0.1) is 18.3 Å². The number of pyridine rings is 1.